The summed E-state index contributed by atoms with van der Waals surface area (Å²) in [6.07, 6.45) is 4.77. The Bertz CT molecular complexity index is 242. The second-order valence-electron chi connectivity index (χ2n) is 3.30. The van der Waals surface area contributed by atoms with Crippen molar-refractivity contribution in [3.8, 4) is 0 Å². The standard InChI is InChI=1S/C10H14N3/c1-2-10(8-12-3-1)9-13-6-4-11-5-7-13/h1-3,11H,4-7,9H2. The molecule has 2 rings (SSSR count). The molecule has 0 saturated carbocycles. The minimum atomic E-state index is 0.982. The van der Waals surface area contributed by atoms with E-state index in [1.807, 2.05) is 6.07 Å². The van der Waals surface area contributed by atoms with E-state index in [0.717, 1.165) is 32.7 Å². The zero-order chi connectivity index (χ0) is 8.93. The molecule has 69 valence electrons. The summed E-state index contributed by atoms with van der Waals surface area (Å²) in [4.78, 5) is 6.40. The fourth-order valence-corrected chi connectivity index (χ4v) is 1.56. The fraction of sp³-hybridized carbons (Fsp3) is 0.500. The number of aromatic nitrogens is 1. The van der Waals surface area contributed by atoms with Gasteiger partial charge in [-0.1, -0.05) is 6.07 Å². The van der Waals surface area contributed by atoms with Crippen molar-refractivity contribution in [2.45, 2.75) is 6.54 Å². The number of nitrogens with zero attached hydrogens (tertiary/aromatic N) is 2. The van der Waals surface area contributed by atoms with Crippen LogP contribution in [0, 0.1) is 6.20 Å². The van der Waals surface area contributed by atoms with Crippen LogP contribution in [-0.2, 0) is 6.54 Å². The molecule has 1 fully saturated rings. The molecule has 1 N–H and O–H groups in total. The molecule has 3 heteroatoms. The van der Waals surface area contributed by atoms with Crippen molar-refractivity contribution in [1.29, 1.82) is 0 Å². The van der Waals surface area contributed by atoms with Gasteiger partial charge < -0.3 is 5.32 Å². The Morgan fingerprint density at radius 1 is 1.46 bits per heavy atom. The zero-order valence-corrected chi connectivity index (χ0v) is 7.66. The molecule has 1 saturated heterocycles. The van der Waals surface area contributed by atoms with E-state index in [-0.39, 0.29) is 0 Å². The van der Waals surface area contributed by atoms with Gasteiger partial charge in [-0.25, -0.2) is 0 Å². The second-order valence-corrected chi connectivity index (χ2v) is 3.30. The quantitative estimate of drug-likeness (QED) is 0.702. The molecule has 2 heterocycles. The van der Waals surface area contributed by atoms with Crippen LogP contribution in [0.2, 0.25) is 0 Å². The summed E-state index contributed by atoms with van der Waals surface area (Å²) in [5.41, 5.74) is 1.18. The molecule has 0 bridgehead atoms. The van der Waals surface area contributed by atoms with Crippen LogP contribution < -0.4 is 5.32 Å². The van der Waals surface area contributed by atoms with Gasteiger partial charge in [0.25, 0.3) is 0 Å². The number of hydrogen-bond donors (Lipinski definition) is 1. The van der Waals surface area contributed by atoms with Crippen LogP contribution in [-0.4, -0.2) is 36.1 Å². The van der Waals surface area contributed by atoms with Gasteiger partial charge in [-0.2, -0.15) is 0 Å². The molecule has 0 spiro atoms. The van der Waals surface area contributed by atoms with Crippen LogP contribution in [0.15, 0.2) is 18.3 Å². The second kappa shape index (κ2) is 4.35. The molecule has 1 radical (unpaired) electrons. The molecular weight excluding hydrogens is 162 g/mol. The summed E-state index contributed by atoms with van der Waals surface area (Å²) in [6.45, 7) is 5.43. The van der Waals surface area contributed by atoms with E-state index in [1.54, 1.807) is 6.20 Å². The topological polar surface area (TPSA) is 28.2 Å². The zero-order valence-electron chi connectivity index (χ0n) is 7.66. The van der Waals surface area contributed by atoms with Gasteiger partial charge in [-0.15, -0.1) is 0 Å². The molecule has 1 aliphatic rings. The minimum Gasteiger partial charge on any atom is -0.314 e. The van der Waals surface area contributed by atoms with E-state index >= 15 is 0 Å². The number of rotatable bonds is 2. The molecule has 0 unspecified atom stereocenters. The molecule has 0 amide bonds. The lowest BCUT2D eigenvalue weighted by Crippen LogP contribution is -2.42. The SMILES string of the molecule is [c]1ncccc1CN1CCNCC1. The van der Waals surface area contributed by atoms with Gasteiger partial charge in [0.2, 0.25) is 0 Å². The van der Waals surface area contributed by atoms with Crippen molar-refractivity contribution in [2.75, 3.05) is 26.2 Å². The lowest BCUT2D eigenvalue weighted by atomic mass is 10.2. The Hall–Kier alpha value is -0.930. The largest absolute Gasteiger partial charge is 0.314 e. The van der Waals surface area contributed by atoms with E-state index in [2.05, 4.69) is 27.5 Å². The summed E-state index contributed by atoms with van der Waals surface area (Å²) in [7, 11) is 0. The highest BCUT2D eigenvalue weighted by Gasteiger charge is 2.09. The van der Waals surface area contributed by atoms with Gasteiger partial charge in [0, 0.05) is 38.9 Å². The smallest absolute Gasteiger partial charge is 0.0934 e. The normalized spacial score (nSPS) is 18.8. The van der Waals surface area contributed by atoms with Gasteiger partial charge in [0.1, 0.15) is 0 Å². The van der Waals surface area contributed by atoms with Gasteiger partial charge in [0.15, 0.2) is 0 Å². The summed E-state index contributed by atoms with van der Waals surface area (Å²) in [5.74, 6) is 0. The van der Waals surface area contributed by atoms with E-state index in [9.17, 15) is 0 Å². The average Bonchev–Trinajstić information content (AvgIpc) is 2.21. The predicted octanol–water partition coefficient (Wildman–Crippen LogP) is 0.287. The Balaban J connectivity index is 1.90. The van der Waals surface area contributed by atoms with Crippen LogP contribution in [0.5, 0.6) is 0 Å². The number of nitrogens with one attached hydrogen (secondary N) is 1. The van der Waals surface area contributed by atoms with Gasteiger partial charge in [0.05, 0.1) is 6.20 Å². The molecule has 1 aromatic heterocycles. The van der Waals surface area contributed by atoms with Crippen molar-refractivity contribution in [3.05, 3.63) is 30.1 Å². The maximum absolute atomic E-state index is 3.98. The Kier molecular flexibility index (Phi) is 2.90. The molecule has 0 aliphatic carbocycles. The highest BCUT2D eigenvalue weighted by Crippen LogP contribution is 2.02. The van der Waals surface area contributed by atoms with Gasteiger partial charge >= 0.3 is 0 Å². The first kappa shape index (κ1) is 8.66. The third-order valence-corrected chi connectivity index (χ3v) is 2.27. The molecule has 3 nitrogen and oxygen atoms in total. The summed E-state index contributed by atoms with van der Waals surface area (Å²) in [6, 6.07) is 4.04. The molecule has 0 aromatic carbocycles. The van der Waals surface area contributed by atoms with Crippen LogP contribution in [0.1, 0.15) is 5.56 Å². The first-order valence-electron chi connectivity index (χ1n) is 4.70. The fourth-order valence-electron chi connectivity index (χ4n) is 1.56. The van der Waals surface area contributed by atoms with Crippen LogP contribution in [0.3, 0.4) is 0 Å². The van der Waals surface area contributed by atoms with Crippen molar-refractivity contribution in [3.63, 3.8) is 0 Å². The van der Waals surface area contributed by atoms with Crippen molar-refractivity contribution in [2.24, 2.45) is 0 Å². The lowest BCUT2D eigenvalue weighted by molar-refractivity contribution is 0.233. The van der Waals surface area contributed by atoms with Crippen molar-refractivity contribution >= 4 is 0 Å². The molecule has 1 aromatic rings. The number of piperazine rings is 1. The number of pyridine rings is 1. The minimum absolute atomic E-state index is 0.982. The lowest BCUT2D eigenvalue weighted by Gasteiger charge is -2.26. The molecule has 13 heavy (non-hydrogen) atoms. The van der Waals surface area contributed by atoms with Crippen LogP contribution in [0.4, 0.5) is 0 Å². The average molecular weight is 176 g/mol. The maximum atomic E-state index is 3.98. The van der Waals surface area contributed by atoms with Crippen LogP contribution >= 0.6 is 0 Å². The van der Waals surface area contributed by atoms with Gasteiger partial charge in [-0.3, -0.25) is 9.88 Å². The molecular formula is C10H14N3. The summed E-state index contributed by atoms with van der Waals surface area (Å²) < 4.78 is 0. The number of hydrogen-bond acceptors (Lipinski definition) is 3. The molecule has 0 atom stereocenters. The van der Waals surface area contributed by atoms with Crippen molar-refractivity contribution in [1.82, 2.24) is 15.2 Å². The first-order chi connectivity index (χ1) is 6.45. The highest BCUT2D eigenvalue weighted by atomic mass is 15.2. The monoisotopic (exact) mass is 176 g/mol. The van der Waals surface area contributed by atoms with Crippen LogP contribution in [0.25, 0.3) is 0 Å². The van der Waals surface area contributed by atoms with E-state index < -0.39 is 0 Å². The van der Waals surface area contributed by atoms with E-state index in [0.29, 0.717) is 0 Å². The molecule has 1 aliphatic heterocycles. The third-order valence-electron chi connectivity index (χ3n) is 2.27. The van der Waals surface area contributed by atoms with Crippen molar-refractivity contribution < 1.29 is 0 Å². The Morgan fingerprint density at radius 3 is 3.00 bits per heavy atom. The van der Waals surface area contributed by atoms with E-state index in [1.165, 1.54) is 5.56 Å². The summed E-state index contributed by atoms with van der Waals surface area (Å²) in [5, 5.41) is 3.33. The maximum Gasteiger partial charge on any atom is 0.0934 e. The van der Waals surface area contributed by atoms with Gasteiger partial charge in [-0.05, 0) is 11.6 Å². The Morgan fingerprint density at radius 2 is 2.31 bits per heavy atom. The highest BCUT2D eigenvalue weighted by molar-refractivity contribution is 5.06. The summed E-state index contributed by atoms with van der Waals surface area (Å²) >= 11 is 0. The first-order valence-corrected chi connectivity index (χ1v) is 4.70. The third kappa shape index (κ3) is 2.50. The Labute approximate surface area is 78.8 Å². The predicted molar refractivity (Wildman–Crippen MR) is 51.2 cm³/mol. The van der Waals surface area contributed by atoms with E-state index in [4.69, 9.17) is 0 Å².